The van der Waals surface area contributed by atoms with Crippen molar-refractivity contribution in [2.45, 2.75) is 154 Å². The van der Waals surface area contributed by atoms with E-state index < -0.39 is 120 Å². The van der Waals surface area contributed by atoms with Crippen LogP contribution in [-0.2, 0) is 60.8 Å². The molecule has 24 heteroatoms. The summed E-state index contributed by atoms with van der Waals surface area (Å²) < 4.78 is 0. The van der Waals surface area contributed by atoms with Gasteiger partial charge in [-0.2, -0.15) is 0 Å². The first-order valence-electron chi connectivity index (χ1n) is 25.3. The molecule has 75 heavy (non-hydrogen) atoms. The molecule has 416 valence electrons. The van der Waals surface area contributed by atoms with Crippen molar-refractivity contribution in [1.29, 1.82) is 0 Å². The summed E-state index contributed by atoms with van der Waals surface area (Å²) in [7, 11) is 0. The van der Waals surface area contributed by atoms with E-state index in [2.05, 4.69) is 42.5 Å². The number of aromatic hydroxyl groups is 1. The Morgan fingerprint density at radius 1 is 0.480 bits per heavy atom. The van der Waals surface area contributed by atoms with Crippen LogP contribution in [0.1, 0.15) is 104 Å². The number of benzene rings is 2. The van der Waals surface area contributed by atoms with Gasteiger partial charge < -0.3 is 75.1 Å². The Hall–Kier alpha value is -7.18. The van der Waals surface area contributed by atoms with Crippen molar-refractivity contribution < 1.29 is 63.3 Å². The highest BCUT2D eigenvalue weighted by atomic mass is 16.4. The van der Waals surface area contributed by atoms with Crippen LogP contribution in [0.4, 0.5) is 0 Å². The maximum atomic E-state index is 14.4. The predicted octanol–water partition coefficient (Wildman–Crippen LogP) is -1.06. The van der Waals surface area contributed by atoms with Crippen LogP contribution in [0.15, 0.2) is 54.6 Å². The highest BCUT2D eigenvalue weighted by molar-refractivity contribution is 5.98. The van der Waals surface area contributed by atoms with E-state index in [9.17, 15) is 63.3 Å². The van der Waals surface area contributed by atoms with Gasteiger partial charge in [0.15, 0.2) is 0 Å². The van der Waals surface area contributed by atoms with Crippen LogP contribution in [-0.4, -0.2) is 142 Å². The second-order valence-corrected chi connectivity index (χ2v) is 19.3. The van der Waals surface area contributed by atoms with E-state index in [4.69, 9.17) is 17.2 Å². The first-order chi connectivity index (χ1) is 35.4. The Labute approximate surface area is 437 Å². The van der Waals surface area contributed by atoms with Gasteiger partial charge in [-0.15, -0.1) is 0 Å². The number of carboxylic acid groups (broad SMARTS) is 2. The smallest absolute Gasteiger partial charge is 0.326 e. The number of carboxylic acids is 2. The number of rotatable bonds is 35. The number of phenolic OH excluding ortho intramolecular Hbond substituents is 1. The molecule has 0 aliphatic heterocycles. The zero-order chi connectivity index (χ0) is 56.2. The van der Waals surface area contributed by atoms with Crippen LogP contribution in [0.5, 0.6) is 5.75 Å². The fourth-order valence-corrected chi connectivity index (χ4v) is 7.64. The average molecular weight is 1050 g/mol. The molecule has 2 aromatic carbocycles. The Bertz CT molecular complexity index is 2200. The summed E-state index contributed by atoms with van der Waals surface area (Å²) in [6, 6.07) is 3.86. The quantitative estimate of drug-likeness (QED) is 0.0366. The molecule has 17 N–H and O–H groups in total. The van der Waals surface area contributed by atoms with E-state index in [1.807, 2.05) is 13.8 Å². The largest absolute Gasteiger partial charge is 0.508 e. The van der Waals surface area contributed by atoms with Crippen molar-refractivity contribution in [2.24, 2.45) is 29.0 Å². The van der Waals surface area contributed by atoms with Crippen molar-refractivity contribution >= 4 is 59.2 Å². The van der Waals surface area contributed by atoms with Crippen molar-refractivity contribution in [1.82, 2.24) is 42.5 Å². The van der Waals surface area contributed by atoms with Gasteiger partial charge in [-0.3, -0.25) is 43.2 Å². The number of nitrogens with two attached hydrogens (primary N) is 3. The van der Waals surface area contributed by atoms with E-state index in [0.29, 0.717) is 30.4 Å². The number of hydrogen-bond donors (Lipinski definition) is 14. The molecule has 2 aromatic rings. The lowest BCUT2D eigenvalue weighted by Crippen LogP contribution is -2.60. The molecule has 0 unspecified atom stereocenters. The first-order valence-corrected chi connectivity index (χ1v) is 25.3. The number of carbonyl (C=O) groups is 10. The minimum Gasteiger partial charge on any atom is -0.508 e. The third-order valence-corrected chi connectivity index (χ3v) is 11.6. The summed E-state index contributed by atoms with van der Waals surface area (Å²) in [4.78, 5) is 133. The first kappa shape index (κ1) is 63.9. The fourth-order valence-electron chi connectivity index (χ4n) is 7.64. The topological polar surface area (TPSA) is 406 Å². The van der Waals surface area contributed by atoms with E-state index in [1.165, 1.54) is 31.2 Å². The number of unbranched alkanes of at least 4 members (excludes halogenated alkanes) is 2. The van der Waals surface area contributed by atoms with Gasteiger partial charge in [-0.05, 0) is 106 Å². The number of hydrogen-bond acceptors (Lipinski definition) is 14. The molecule has 8 atom stereocenters. The molecular weight excluding hydrogens is 975 g/mol. The minimum atomic E-state index is -1.81. The average Bonchev–Trinajstić information content (AvgIpc) is 3.34. The molecule has 0 aliphatic carbocycles. The summed E-state index contributed by atoms with van der Waals surface area (Å²) in [5, 5.41) is 49.6. The molecule has 0 saturated carbocycles. The number of aliphatic carboxylic acids is 2. The zero-order valence-corrected chi connectivity index (χ0v) is 43.5. The van der Waals surface area contributed by atoms with E-state index in [0.717, 1.165) is 0 Å². The second kappa shape index (κ2) is 33.6. The molecule has 2 rings (SSSR count). The number of nitrogens with one attached hydrogen (secondary N) is 8. The van der Waals surface area contributed by atoms with Gasteiger partial charge in [0.2, 0.25) is 47.3 Å². The highest BCUT2D eigenvalue weighted by Gasteiger charge is 2.34. The SMILES string of the molecule is CC(C)C[C@H](NC(=O)[C@H](CCCCN)NC(=O)CNC(=O)[C@H](CC(=O)O)NC(=O)[C@H](CCCCN)NC(=O)[C@H](Cc1ccc(O)cc1)NC(=O)[C@H](Cc1ccccc1)NC(=O)[C@H](CC(C)C)NC(=O)[C@H](C)N)C(=O)O. The lowest BCUT2D eigenvalue weighted by molar-refractivity contribution is -0.142. The summed E-state index contributed by atoms with van der Waals surface area (Å²) >= 11 is 0. The molecule has 0 radical (unpaired) electrons. The third kappa shape index (κ3) is 25.1. The maximum Gasteiger partial charge on any atom is 0.326 e. The van der Waals surface area contributed by atoms with Gasteiger partial charge in [0.05, 0.1) is 19.0 Å². The lowest BCUT2D eigenvalue weighted by atomic mass is 9.99. The molecule has 0 saturated heterocycles. The van der Waals surface area contributed by atoms with Crippen LogP contribution in [0.25, 0.3) is 0 Å². The van der Waals surface area contributed by atoms with Crippen LogP contribution in [0, 0.1) is 11.8 Å². The molecule has 0 heterocycles. The molecule has 0 spiro atoms. The summed E-state index contributed by atoms with van der Waals surface area (Å²) in [6.45, 7) is 8.38. The minimum absolute atomic E-state index is 0.0588. The van der Waals surface area contributed by atoms with Crippen LogP contribution < -0.4 is 59.7 Å². The second-order valence-electron chi connectivity index (χ2n) is 19.3. The van der Waals surface area contributed by atoms with Gasteiger partial charge in [0.25, 0.3) is 0 Å². The Morgan fingerprint density at radius 3 is 1.36 bits per heavy atom. The molecule has 8 amide bonds. The Morgan fingerprint density at radius 2 is 0.893 bits per heavy atom. The lowest BCUT2D eigenvalue weighted by Gasteiger charge is -2.28. The summed E-state index contributed by atoms with van der Waals surface area (Å²) in [6.07, 6.45) is 0.563. The van der Waals surface area contributed by atoms with Crippen molar-refractivity contribution in [3.63, 3.8) is 0 Å². The Balaban J connectivity index is 2.44. The molecule has 0 aliphatic rings. The van der Waals surface area contributed by atoms with Gasteiger partial charge in [0, 0.05) is 12.8 Å². The van der Waals surface area contributed by atoms with Crippen LogP contribution >= 0.6 is 0 Å². The third-order valence-electron chi connectivity index (χ3n) is 11.6. The van der Waals surface area contributed by atoms with E-state index >= 15 is 0 Å². The maximum absolute atomic E-state index is 14.4. The van der Waals surface area contributed by atoms with Crippen molar-refractivity contribution in [3.8, 4) is 5.75 Å². The Kier molecular flexibility index (Phi) is 28.6. The number of amides is 8. The normalized spacial score (nSPS) is 14.3. The molecule has 0 aromatic heterocycles. The van der Waals surface area contributed by atoms with Crippen molar-refractivity contribution in [2.75, 3.05) is 19.6 Å². The van der Waals surface area contributed by atoms with Crippen molar-refractivity contribution in [3.05, 3.63) is 65.7 Å². The van der Waals surface area contributed by atoms with Crippen LogP contribution in [0.2, 0.25) is 0 Å². The number of carbonyl (C=O) groups excluding carboxylic acids is 8. The molecule has 0 bridgehead atoms. The molecule has 0 fully saturated rings. The van der Waals surface area contributed by atoms with Crippen LogP contribution in [0.3, 0.4) is 0 Å². The molecule has 24 nitrogen and oxygen atoms in total. The highest BCUT2D eigenvalue weighted by Crippen LogP contribution is 2.15. The standard InChI is InChI=1S/C51H79N11O13/c1-29(2)23-37(58-44(67)31(5)54)48(71)59-38(25-32-13-7-6-8-14-32)50(73)60-39(26-33-17-19-34(63)20-18-33)49(72)57-36(16-10-12-22-53)47(70)61-40(27-43(65)66)45(68)55-28-42(64)56-35(15-9-11-21-52)46(69)62-41(51(74)75)24-30(3)4/h6-8,13-14,17-20,29-31,35-41,63H,9-12,15-16,21-28,52-54H2,1-5H3,(H,55,68)(H,56,64)(H,57,72)(H,58,67)(H,59,71)(H,60,73)(H,61,70)(H,62,69)(H,65,66)(H,74,75)/t31-,35-,36-,37-,38-,39-,40-,41-/m0/s1. The zero-order valence-electron chi connectivity index (χ0n) is 43.5. The van der Waals surface area contributed by atoms with Gasteiger partial charge >= 0.3 is 11.9 Å². The van der Waals surface area contributed by atoms with Gasteiger partial charge in [-0.25, -0.2) is 4.79 Å². The van der Waals surface area contributed by atoms with E-state index in [1.54, 1.807) is 44.2 Å². The van der Waals surface area contributed by atoms with Gasteiger partial charge in [-0.1, -0.05) is 70.2 Å². The fraction of sp³-hybridized carbons (Fsp3) is 0.569. The van der Waals surface area contributed by atoms with Gasteiger partial charge in [0.1, 0.15) is 48.0 Å². The molecular formula is C51H79N11O13. The van der Waals surface area contributed by atoms with E-state index in [-0.39, 0.29) is 75.6 Å². The summed E-state index contributed by atoms with van der Waals surface area (Å²) in [5.74, 6) is -9.84. The predicted molar refractivity (Wildman–Crippen MR) is 277 cm³/mol. The number of phenols is 1. The monoisotopic (exact) mass is 1050 g/mol. The summed E-state index contributed by atoms with van der Waals surface area (Å²) in [5.41, 5.74) is 18.2.